The molecule has 0 bridgehead atoms. The van der Waals surface area contributed by atoms with E-state index in [2.05, 4.69) is 10.2 Å². The Balaban J connectivity index is 2.43. The number of hydrogen-bond donors (Lipinski definition) is 0. The lowest BCUT2D eigenvalue weighted by Gasteiger charge is -2.18. The van der Waals surface area contributed by atoms with Crippen LogP contribution in [-0.4, -0.2) is 60.6 Å². The van der Waals surface area contributed by atoms with Crippen LogP contribution in [0.5, 0.6) is 11.5 Å². The second-order valence-electron chi connectivity index (χ2n) is 8.99. The molecule has 2 aromatic rings. The van der Waals surface area contributed by atoms with Gasteiger partial charge in [0.25, 0.3) is 11.4 Å². The molecule has 0 aromatic heterocycles. The number of unbranched alkanes of at least 4 members (excludes halogenated alkanes) is 2. The molecule has 0 radical (unpaired) electrons. The van der Waals surface area contributed by atoms with Gasteiger partial charge in [-0.1, -0.05) is 26.7 Å². The summed E-state index contributed by atoms with van der Waals surface area (Å²) in [4.78, 5) is 46.0. The van der Waals surface area contributed by atoms with Crippen molar-refractivity contribution in [2.75, 3.05) is 14.2 Å². The quantitative estimate of drug-likeness (QED) is 0.104. The van der Waals surface area contributed by atoms with E-state index in [0.717, 1.165) is 12.8 Å². The first kappa shape index (κ1) is 33.3. The smallest absolute Gasteiger partial charge is 0.347 e. The lowest BCUT2D eigenvalue weighted by Crippen LogP contribution is -2.29. The van der Waals surface area contributed by atoms with Gasteiger partial charge in [-0.05, 0) is 37.8 Å². The second-order valence-corrected chi connectivity index (χ2v) is 8.99. The van der Waals surface area contributed by atoms with Crippen molar-refractivity contribution in [2.24, 2.45) is 10.2 Å². The Bertz CT molecular complexity index is 1210. The molecule has 0 amide bonds. The fourth-order valence-corrected chi connectivity index (χ4v) is 3.70. The summed E-state index contributed by atoms with van der Waals surface area (Å²) in [6, 6.07) is 7.57. The van der Waals surface area contributed by atoms with Crippen LogP contribution in [0.25, 0.3) is 0 Å². The summed E-state index contributed by atoms with van der Waals surface area (Å²) >= 11 is 0. The highest BCUT2D eigenvalue weighted by Crippen LogP contribution is 2.27. The van der Waals surface area contributed by atoms with Crippen LogP contribution in [0.3, 0.4) is 0 Å². The molecule has 226 valence electrons. The molecule has 2 rings (SSSR count). The number of non-ortho nitro benzene ring substituents is 2. The van der Waals surface area contributed by atoms with Crippen LogP contribution in [0.4, 0.5) is 11.4 Å². The van der Waals surface area contributed by atoms with Gasteiger partial charge in [-0.3, -0.25) is 20.2 Å². The summed E-state index contributed by atoms with van der Waals surface area (Å²) in [6.07, 6.45) is 4.22. The van der Waals surface area contributed by atoms with Gasteiger partial charge in [-0.25, -0.2) is 9.59 Å². The molecule has 42 heavy (non-hydrogen) atoms. The predicted molar refractivity (Wildman–Crippen MR) is 153 cm³/mol. The van der Waals surface area contributed by atoms with E-state index >= 15 is 0 Å². The molecule has 0 aliphatic heterocycles. The van der Waals surface area contributed by atoms with Crippen molar-refractivity contribution in [3.8, 4) is 11.5 Å². The van der Waals surface area contributed by atoms with E-state index in [1.54, 1.807) is 0 Å². The minimum atomic E-state index is -0.938. The Morgan fingerprint density at radius 3 is 1.45 bits per heavy atom. The van der Waals surface area contributed by atoms with Crippen LogP contribution in [0.15, 0.2) is 46.6 Å². The summed E-state index contributed by atoms with van der Waals surface area (Å²) in [6.45, 7) is 3.91. The van der Waals surface area contributed by atoms with Crippen molar-refractivity contribution >= 4 is 35.7 Å². The summed E-state index contributed by atoms with van der Waals surface area (Å²) in [7, 11) is 2.47. The number of carbonyl (C=O) groups is 2. The number of nitro benzene ring substituents is 2. The van der Waals surface area contributed by atoms with E-state index in [4.69, 9.17) is 18.9 Å². The highest BCUT2D eigenvalue weighted by Gasteiger charge is 2.24. The first-order valence-corrected chi connectivity index (χ1v) is 13.3. The second kappa shape index (κ2) is 17.0. The zero-order chi connectivity index (χ0) is 31.1. The summed E-state index contributed by atoms with van der Waals surface area (Å²) in [5.41, 5.74) is -0.169. The van der Waals surface area contributed by atoms with Gasteiger partial charge in [0.1, 0.15) is 11.5 Å². The van der Waals surface area contributed by atoms with Gasteiger partial charge in [0, 0.05) is 35.4 Å². The third kappa shape index (κ3) is 9.94. The van der Waals surface area contributed by atoms with Crippen molar-refractivity contribution in [3.63, 3.8) is 0 Å². The highest BCUT2D eigenvalue weighted by atomic mass is 16.6. The van der Waals surface area contributed by atoms with Gasteiger partial charge < -0.3 is 18.9 Å². The predicted octanol–water partition coefficient (Wildman–Crippen LogP) is 5.18. The molecule has 14 heteroatoms. The monoisotopic (exact) mass is 586 g/mol. The molecule has 0 aliphatic rings. The van der Waals surface area contributed by atoms with Gasteiger partial charge in [0.15, 0.2) is 12.2 Å². The van der Waals surface area contributed by atoms with Crippen LogP contribution < -0.4 is 9.47 Å². The van der Waals surface area contributed by atoms with Crippen molar-refractivity contribution < 1.29 is 38.4 Å². The van der Waals surface area contributed by atoms with E-state index in [9.17, 15) is 29.8 Å². The maximum absolute atomic E-state index is 12.2. The number of nitro groups is 2. The molecular weight excluding hydrogens is 552 g/mol. The van der Waals surface area contributed by atoms with E-state index in [1.165, 1.54) is 63.0 Å². The lowest BCUT2D eigenvalue weighted by atomic mass is 10.1. The molecule has 0 spiro atoms. The van der Waals surface area contributed by atoms with E-state index < -0.39 is 34.0 Å². The Kier molecular flexibility index (Phi) is 13.5. The maximum Gasteiger partial charge on any atom is 0.347 e. The molecule has 0 fully saturated rings. The standard InChI is InChI=1S/C28H34N4O10/c1-5-7-9-25(27(33)39-3)41-23-13-11-21(31(35)36)15-19(23)17-29-30-18-20-16-22(32(37)38)12-14-24(20)42-26(10-8-6-2)28(34)40-4/h11-18,25-26H,5-10H2,1-4H3/b29-17+,30-18+. The Hall–Kier alpha value is -4.88. The number of benzene rings is 2. The molecule has 2 atom stereocenters. The SMILES string of the molecule is CCCCC(Oc1ccc([N+](=O)[O-])cc1/C=N/N=C/c1cc([N+](=O)[O-])ccc1OC(CCCC)C(=O)OC)C(=O)OC. The molecule has 2 aromatic carbocycles. The molecule has 14 nitrogen and oxygen atoms in total. The van der Waals surface area contributed by atoms with Crippen LogP contribution in [0.1, 0.15) is 63.5 Å². The fraction of sp³-hybridized carbons (Fsp3) is 0.429. The molecule has 0 N–H and O–H groups in total. The topological polar surface area (TPSA) is 182 Å². The molecule has 2 unspecified atom stereocenters. The van der Waals surface area contributed by atoms with E-state index in [1.807, 2.05) is 13.8 Å². The number of ether oxygens (including phenoxy) is 4. The number of esters is 2. The highest BCUT2D eigenvalue weighted by molar-refractivity contribution is 5.88. The Morgan fingerprint density at radius 1 is 0.762 bits per heavy atom. The minimum Gasteiger partial charge on any atom is -0.478 e. The fourth-order valence-electron chi connectivity index (χ4n) is 3.70. The van der Waals surface area contributed by atoms with Gasteiger partial charge in [-0.2, -0.15) is 10.2 Å². The number of rotatable bonds is 17. The van der Waals surface area contributed by atoms with Gasteiger partial charge in [0.2, 0.25) is 0 Å². The average Bonchev–Trinajstić information content (AvgIpc) is 2.99. The lowest BCUT2D eigenvalue weighted by molar-refractivity contribution is -0.385. The summed E-state index contributed by atoms with van der Waals surface area (Å²) in [5.74, 6) is -0.903. The van der Waals surface area contributed by atoms with Crippen LogP contribution in [0, 0.1) is 20.2 Å². The third-order valence-corrected chi connectivity index (χ3v) is 5.98. The molecule has 0 saturated heterocycles. The minimum absolute atomic E-state index is 0.141. The van der Waals surface area contributed by atoms with Gasteiger partial charge in [-0.15, -0.1) is 0 Å². The first-order chi connectivity index (χ1) is 20.1. The molecule has 0 heterocycles. The van der Waals surface area contributed by atoms with E-state index in [-0.39, 0.29) is 34.0 Å². The van der Waals surface area contributed by atoms with Crippen molar-refractivity contribution in [2.45, 2.75) is 64.6 Å². The van der Waals surface area contributed by atoms with Crippen LogP contribution >= 0.6 is 0 Å². The third-order valence-electron chi connectivity index (χ3n) is 5.98. The van der Waals surface area contributed by atoms with Crippen molar-refractivity contribution in [1.82, 2.24) is 0 Å². The molecule has 0 aliphatic carbocycles. The largest absolute Gasteiger partial charge is 0.478 e. The average molecular weight is 587 g/mol. The van der Waals surface area contributed by atoms with Crippen LogP contribution in [-0.2, 0) is 19.1 Å². The zero-order valence-electron chi connectivity index (χ0n) is 23.9. The normalized spacial score (nSPS) is 12.6. The zero-order valence-corrected chi connectivity index (χ0v) is 23.9. The number of nitrogens with zero attached hydrogens (tertiary/aromatic N) is 4. The van der Waals surface area contributed by atoms with E-state index in [0.29, 0.717) is 25.7 Å². The van der Waals surface area contributed by atoms with Gasteiger partial charge in [0.05, 0.1) is 36.5 Å². The number of methoxy groups -OCH3 is 2. The number of carbonyl (C=O) groups excluding carboxylic acids is 2. The Labute approximate surface area is 242 Å². The number of hydrogen-bond acceptors (Lipinski definition) is 12. The van der Waals surface area contributed by atoms with Gasteiger partial charge >= 0.3 is 11.9 Å². The van der Waals surface area contributed by atoms with Crippen molar-refractivity contribution in [3.05, 3.63) is 67.8 Å². The Morgan fingerprint density at radius 2 is 1.14 bits per heavy atom. The summed E-state index contributed by atoms with van der Waals surface area (Å²) < 4.78 is 21.3. The first-order valence-electron chi connectivity index (χ1n) is 13.3. The summed E-state index contributed by atoms with van der Waals surface area (Å²) in [5, 5.41) is 30.6. The molecule has 0 saturated carbocycles. The maximum atomic E-state index is 12.2. The van der Waals surface area contributed by atoms with Crippen molar-refractivity contribution in [1.29, 1.82) is 0 Å². The molecular formula is C28H34N4O10. The van der Waals surface area contributed by atoms with Crippen LogP contribution in [0.2, 0.25) is 0 Å².